The first-order valence-electron chi connectivity index (χ1n) is 12.1. The molecule has 0 bridgehead atoms. The minimum atomic E-state index is -0.134. The fourth-order valence-electron chi connectivity index (χ4n) is 4.92. The highest BCUT2D eigenvalue weighted by atomic mass is 35.5. The van der Waals surface area contributed by atoms with E-state index in [-0.39, 0.29) is 18.3 Å². The molecule has 1 aliphatic heterocycles. The molecule has 5 nitrogen and oxygen atoms in total. The quantitative estimate of drug-likeness (QED) is 0.298. The molecule has 0 radical (unpaired) electrons. The number of nitrogens with one attached hydrogen (secondary N) is 2. The second-order valence-corrected chi connectivity index (χ2v) is 8.99. The number of furan rings is 1. The number of amides is 1. The van der Waals surface area contributed by atoms with Crippen LogP contribution in [0.4, 0.5) is 5.69 Å². The van der Waals surface area contributed by atoms with Gasteiger partial charge in [0.15, 0.2) is 0 Å². The van der Waals surface area contributed by atoms with Crippen LogP contribution < -0.4 is 10.6 Å². The molecule has 182 valence electrons. The Hall–Kier alpha value is -3.64. The van der Waals surface area contributed by atoms with Crippen molar-refractivity contribution in [1.82, 2.24) is 10.2 Å². The molecule has 2 heterocycles. The maximum Gasteiger partial charge on any atom is 0.256 e. The van der Waals surface area contributed by atoms with Crippen molar-refractivity contribution in [3.8, 4) is 11.3 Å². The normalized spacial score (nSPS) is 14.0. The van der Waals surface area contributed by atoms with Crippen LogP contribution in [0.3, 0.4) is 0 Å². The molecule has 36 heavy (non-hydrogen) atoms. The van der Waals surface area contributed by atoms with E-state index >= 15 is 0 Å². The third-order valence-corrected chi connectivity index (χ3v) is 6.73. The first-order chi connectivity index (χ1) is 17.3. The van der Waals surface area contributed by atoms with Crippen molar-refractivity contribution in [1.29, 1.82) is 0 Å². The van der Waals surface area contributed by atoms with Crippen LogP contribution in [0.1, 0.15) is 15.9 Å². The molecule has 0 aliphatic carbocycles. The largest absolute Gasteiger partial charge is 0.456 e. The Balaban J connectivity index is 0.00000267. The number of benzene rings is 4. The second kappa shape index (κ2) is 10.5. The lowest BCUT2D eigenvalue weighted by atomic mass is 10.0. The topological polar surface area (TPSA) is 57.5 Å². The molecule has 1 aliphatic rings. The Bertz CT molecular complexity index is 1520. The molecule has 6 heteroatoms. The van der Waals surface area contributed by atoms with Gasteiger partial charge in [-0.25, -0.2) is 0 Å². The predicted octanol–water partition coefficient (Wildman–Crippen LogP) is 6.33. The number of carbonyl (C=O) groups excluding carboxylic acids is 1. The molecule has 0 unspecified atom stereocenters. The first-order valence-corrected chi connectivity index (χ1v) is 12.1. The third-order valence-electron chi connectivity index (χ3n) is 6.73. The van der Waals surface area contributed by atoms with Gasteiger partial charge in [0, 0.05) is 49.2 Å². The summed E-state index contributed by atoms with van der Waals surface area (Å²) in [5.74, 6) is 0.617. The summed E-state index contributed by atoms with van der Waals surface area (Å²) in [4.78, 5) is 15.8. The molecule has 0 atom stereocenters. The van der Waals surface area contributed by atoms with E-state index in [0.717, 1.165) is 71.5 Å². The minimum Gasteiger partial charge on any atom is -0.456 e. The van der Waals surface area contributed by atoms with E-state index in [2.05, 4.69) is 33.7 Å². The van der Waals surface area contributed by atoms with Gasteiger partial charge in [-0.3, -0.25) is 9.69 Å². The number of hydrogen-bond donors (Lipinski definition) is 2. The summed E-state index contributed by atoms with van der Waals surface area (Å²) >= 11 is 0. The van der Waals surface area contributed by atoms with Crippen LogP contribution in [0.2, 0.25) is 0 Å². The average Bonchev–Trinajstić information content (AvgIpc) is 3.34. The second-order valence-electron chi connectivity index (χ2n) is 8.99. The minimum absolute atomic E-state index is 0. The van der Waals surface area contributed by atoms with E-state index < -0.39 is 0 Å². The highest BCUT2D eigenvalue weighted by Crippen LogP contribution is 2.35. The Kier molecular flexibility index (Phi) is 7.05. The summed E-state index contributed by atoms with van der Waals surface area (Å²) in [5, 5.41) is 9.64. The van der Waals surface area contributed by atoms with Crippen LogP contribution in [-0.4, -0.2) is 37.0 Å². The lowest BCUT2D eigenvalue weighted by molar-refractivity contribution is 0.102. The summed E-state index contributed by atoms with van der Waals surface area (Å²) in [6, 6.07) is 29.9. The molecule has 1 saturated heterocycles. The van der Waals surface area contributed by atoms with Crippen LogP contribution in [0.5, 0.6) is 0 Å². The molecule has 1 fully saturated rings. The van der Waals surface area contributed by atoms with Crippen molar-refractivity contribution < 1.29 is 9.21 Å². The first kappa shape index (κ1) is 24.1. The monoisotopic (exact) mass is 497 g/mol. The van der Waals surface area contributed by atoms with Gasteiger partial charge in [-0.05, 0) is 46.7 Å². The number of carbonyl (C=O) groups is 1. The van der Waals surface area contributed by atoms with Gasteiger partial charge < -0.3 is 15.1 Å². The van der Waals surface area contributed by atoms with Crippen LogP contribution >= 0.6 is 12.4 Å². The Morgan fingerprint density at radius 1 is 0.861 bits per heavy atom. The van der Waals surface area contributed by atoms with E-state index in [1.165, 1.54) is 5.56 Å². The number of nitrogens with zero attached hydrogens (tertiary/aromatic N) is 1. The lowest BCUT2D eigenvalue weighted by Gasteiger charge is -2.27. The van der Waals surface area contributed by atoms with Crippen molar-refractivity contribution >= 4 is 45.7 Å². The van der Waals surface area contributed by atoms with Crippen molar-refractivity contribution in [2.75, 3.05) is 31.5 Å². The highest BCUT2D eigenvalue weighted by Gasteiger charge is 2.17. The fraction of sp³-hybridized carbons (Fsp3) is 0.167. The van der Waals surface area contributed by atoms with Crippen LogP contribution in [0, 0.1) is 0 Å². The summed E-state index contributed by atoms with van der Waals surface area (Å²) in [6.07, 6.45) is 0. The molecule has 0 spiro atoms. The smallest absolute Gasteiger partial charge is 0.256 e. The SMILES string of the molecule is Cl.O=C(Nc1ccccc1-c1cc2c(CN3CCNCC3)cccc2o1)c1cccc2ccccc12. The average molecular weight is 498 g/mol. The van der Waals surface area contributed by atoms with E-state index in [1.54, 1.807) is 0 Å². The maximum absolute atomic E-state index is 13.3. The van der Waals surface area contributed by atoms with Gasteiger partial charge in [0.1, 0.15) is 11.3 Å². The van der Waals surface area contributed by atoms with E-state index in [1.807, 2.05) is 72.8 Å². The molecule has 5 aromatic rings. The van der Waals surface area contributed by atoms with E-state index in [9.17, 15) is 4.79 Å². The van der Waals surface area contributed by atoms with Gasteiger partial charge in [0.2, 0.25) is 0 Å². The van der Waals surface area contributed by atoms with Gasteiger partial charge in [-0.15, -0.1) is 12.4 Å². The molecule has 4 aromatic carbocycles. The van der Waals surface area contributed by atoms with Crippen LogP contribution in [0.25, 0.3) is 33.1 Å². The molecule has 6 rings (SSSR count). The van der Waals surface area contributed by atoms with Gasteiger partial charge >= 0.3 is 0 Å². The van der Waals surface area contributed by atoms with Gasteiger partial charge in [0.05, 0.1) is 5.69 Å². The summed E-state index contributed by atoms with van der Waals surface area (Å²) in [5.41, 5.74) is 4.37. The van der Waals surface area contributed by atoms with Gasteiger partial charge in [-0.2, -0.15) is 0 Å². The number of rotatable bonds is 5. The van der Waals surface area contributed by atoms with Gasteiger partial charge in [0.25, 0.3) is 5.91 Å². The summed E-state index contributed by atoms with van der Waals surface area (Å²) in [6.45, 7) is 5.04. The van der Waals surface area contributed by atoms with Crippen molar-refractivity contribution in [2.45, 2.75) is 6.54 Å². The maximum atomic E-state index is 13.3. The number of anilines is 1. The van der Waals surface area contributed by atoms with E-state index in [0.29, 0.717) is 5.56 Å². The number of halogens is 1. The third kappa shape index (κ3) is 4.73. The molecule has 2 N–H and O–H groups in total. The number of fused-ring (bicyclic) bond motifs is 2. The zero-order valence-corrected chi connectivity index (χ0v) is 20.7. The molecule has 1 aromatic heterocycles. The fourth-order valence-corrected chi connectivity index (χ4v) is 4.92. The molecular formula is C30H28ClN3O2. The summed E-state index contributed by atoms with van der Waals surface area (Å²) < 4.78 is 6.30. The summed E-state index contributed by atoms with van der Waals surface area (Å²) in [7, 11) is 0. The number of piperazine rings is 1. The zero-order valence-electron chi connectivity index (χ0n) is 19.9. The molecule has 1 amide bonds. The van der Waals surface area contributed by atoms with Crippen molar-refractivity contribution in [2.24, 2.45) is 0 Å². The van der Waals surface area contributed by atoms with Gasteiger partial charge in [-0.1, -0.05) is 60.7 Å². The zero-order chi connectivity index (χ0) is 23.6. The van der Waals surface area contributed by atoms with E-state index in [4.69, 9.17) is 4.42 Å². The predicted molar refractivity (Wildman–Crippen MR) is 149 cm³/mol. The molecule has 0 saturated carbocycles. The van der Waals surface area contributed by atoms with Crippen molar-refractivity contribution in [3.05, 3.63) is 102 Å². The van der Waals surface area contributed by atoms with Crippen molar-refractivity contribution in [3.63, 3.8) is 0 Å². The number of para-hydroxylation sites is 1. The number of hydrogen-bond acceptors (Lipinski definition) is 4. The van der Waals surface area contributed by atoms with Crippen LogP contribution in [-0.2, 0) is 6.54 Å². The van der Waals surface area contributed by atoms with Crippen LogP contribution in [0.15, 0.2) is 95.4 Å². The Morgan fingerprint density at radius 3 is 2.50 bits per heavy atom. The standard InChI is InChI=1S/C30H27N3O2.ClH/c34-30(24-12-5-8-21-7-1-2-10-23(21)24)32-27-13-4-3-11-25(27)29-19-26-22(9-6-14-28(26)35-29)20-33-17-15-31-16-18-33;/h1-14,19,31H,15-18,20H2,(H,32,34);1H. The highest BCUT2D eigenvalue weighted by molar-refractivity contribution is 6.14. The Morgan fingerprint density at radius 2 is 1.61 bits per heavy atom. The Labute approximate surface area is 216 Å². The molecular weight excluding hydrogens is 470 g/mol. The lowest BCUT2D eigenvalue weighted by Crippen LogP contribution is -2.42.